The minimum absolute atomic E-state index is 0.0287. The van der Waals surface area contributed by atoms with Crippen molar-refractivity contribution in [2.75, 3.05) is 5.32 Å². The van der Waals surface area contributed by atoms with Crippen LogP contribution in [0.25, 0.3) is 0 Å². The van der Waals surface area contributed by atoms with Gasteiger partial charge in [-0.2, -0.15) is 0 Å². The number of phenolic OH excluding ortho intramolecular Hbond substituents is 1. The summed E-state index contributed by atoms with van der Waals surface area (Å²) < 4.78 is 0. The standard InChI is InChI=1S/C11H14ClNO2/c1-7(2)5-11(15)13-8-3-4-9(12)10(14)6-8/h3-4,6-7,14H,5H2,1-2H3,(H,13,15). The number of amides is 1. The first-order chi connectivity index (χ1) is 6.99. The van der Waals surface area contributed by atoms with Crippen LogP contribution in [-0.2, 0) is 4.79 Å². The molecule has 1 amide bonds. The predicted octanol–water partition coefficient (Wildman–Crippen LogP) is 3.03. The molecule has 0 atom stereocenters. The van der Waals surface area contributed by atoms with Crippen LogP contribution < -0.4 is 5.32 Å². The van der Waals surface area contributed by atoms with E-state index in [0.717, 1.165) is 0 Å². The number of anilines is 1. The van der Waals surface area contributed by atoms with Crippen molar-refractivity contribution >= 4 is 23.2 Å². The molecule has 0 aliphatic heterocycles. The number of phenols is 1. The molecule has 0 aromatic heterocycles. The number of aromatic hydroxyl groups is 1. The Morgan fingerprint density at radius 2 is 2.20 bits per heavy atom. The maximum Gasteiger partial charge on any atom is 0.224 e. The van der Waals surface area contributed by atoms with Crippen molar-refractivity contribution in [3.05, 3.63) is 23.2 Å². The van der Waals surface area contributed by atoms with Crippen molar-refractivity contribution in [2.45, 2.75) is 20.3 Å². The zero-order valence-corrected chi connectivity index (χ0v) is 9.51. The number of hydrogen-bond donors (Lipinski definition) is 2. The summed E-state index contributed by atoms with van der Waals surface area (Å²) >= 11 is 5.64. The number of rotatable bonds is 3. The van der Waals surface area contributed by atoms with Crippen LogP contribution in [-0.4, -0.2) is 11.0 Å². The monoisotopic (exact) mass is 227 g/mol. The van der Waals surface area contributed by atoms with Gasteiger partial charge in [0, 0.05) is 18.2 Å². The molecule has 15 heavy (non-hydrogen) atoms. The second-order valence-corrected chi connectivity index (χ2v) is 4.22. The van der Waals surface area contributed by atoms with Gasteiger partial charge >= 0.3 is 0 Å². The van der Waals surface area contributed by atoms with Gasteiger partial charge in [-0.15, -0.1) is 0 Å². The number of hydrogen-bond acceptors (Lipinski definition) is 2. The molecule has 1 aromatic carbocycles. The largest absolute Gasteiger partial charge is 0.506 e. The molecule has 0 fully saturated rings. The van der Waals surface area contributed by atoms with Crippen molar-refractivity contribution in [3.63, 3.8) is 0 Å². The van der Waals surface area contributed by atoms with E-state index in [0.29, 0.717) is 18.0 Å². The van der Waals surface area contributed by atoms with Gasteiger partial charge in [-0.05, 0) is 18.1 Å². The summed E-state index contributed by atoms with van der Waals surface area (Å²) in [5.74, 6) is 0.219. The molecule has 0 unspecified atom stereocenters. The van der Waals surface area contributed by atoms with Gasteiger partial charge in [0.2, 0.25) is 5.91 Å². The van der Waals surface area contributed by atoms with E-state index in [1.165, 1.54) is 6.07 Å². The number of benzene rings is 1. The maximum atomic E-state index is 11.4. The summed E-state index contributed by atoms with van der Waals surface area (Å²) in [5, 5.41) is 12.3. The molecule has 0 spiro atoms. The fourth-order valence-corrected chi connectivity index (χ4v) is 1.29. The Morgan fingerprint density at radius 3 is 2.73 bits per heavy atom. The van der Waals surface area contributed by atoms with Crippen molar-refractivity contribution in [1.29, 1.82) is 0 Å². The number of carbonyl (C=O) groups is 1. The molecule has 0 radical (unpaired) electrons. The number of carbonyl (C=O) groups excluding carboxylic acids is 1. The highest BCUT2D eigenvalue weighted by atomic mass is 35.5. The molecule has 1 aromatic rings. The maximum absolute atomic E-state index is 11.4. The average molecular weight is 228 g/mol. The van der Waals surface area contributed by atoms with Gasteiger partial charge < -0.3 is 10.4 Å². The lowest BCUT2D eigenvalue weighted by atomic mass is 10.1. The van der Waals surface area contributed by atoms with Gasteiger partial charge in [-0.3, -0.25) is 4.79 Å². The molecule has 0 aliphatic rings. The van der Waals surface area contributed by atoms with E-state index in [1.807, 2.05) is 13.8 Å². The SMILES string of the molecule is CC(C)CC(=O)Nc1ccc(Cl)c(O)c1. The van der Waals surface area contributed by atoms with E-state index in [4.69, 9.17) is 11.6 Å². The Hall–Kier alpha value is -1.22. The Morgan fingerprint density at radius 1 is 1.53 bits per heavy atom. The molecule has 1 rings (SSSR count). The summed E-state index contributed by atoms with van der Waals surface area (Å²) in [6, 6.07) is 4.63. The lowest BCUT2D eigenvalue weighted by molar-refractivity contribution is -0.116. The third-order valence-electron chi connectivity index (χ3n) is 1.82. The van der Waals surface area contributed by atoms with Crippen LogP contribution in [0.15, 0.2) is 18.2 Å². The zero-order valence-electron chi connectivity index (χ0n) is 8.75. The quantitative estimate of drug-likeness (QED) is 0.834. The topological polar surface area (TPSA) is 49.3 Å². The van der Waals surface area contributed by atoms with Crippen molar-refractivity contribution in [1.82, 2.24) is 0 Å². The van der Waals surface area contributed by atoms with E-state index < -0.39 is 0 Å². The Kier molecular flexibility index (Phi) is 3.97. The van der Waals surface area contributed by atoms with Gasteiger partial charge in [0.1, 0.15) is 5.75 Å². The number of halogens is 1. The second-order valence-electron chi connectivity index (χ2n) is 3.81. The smallest absolute Gasteiger partial charge is 0.224 e. The van der Waals surface area contributed by atoms with Gasteiger partial charge in [-0.1, -0.05) is 25.4 Å². The molecular formula is C11H14ClNO2. The van der Waals surface area contributed by atoms with Gasteiger partial charge in [-0.25, -0.2) is 0 Å². The summed E-state index contributed by atoms with van der Waals surface area (Å²) in [6.45, 7) is 3.94. The highest BCUT2D eigenvalue weighted by Crippen LogP contribution is 2.26. The Bertz CT molecular complexity index is 364. The molecule has 0 saturated carbocycles. The van der Waals surface area contributed by atoms with Crippen LogP contribution in [0.1, 0.15) is 20.3 Å². The fraction of sp³-hybridized carbons (Fsp3) is 0.364. The normalized spacial score (nSPS) is 10.4. The second kappa shape index (κ2) is 5.03. The molecule has 0 aliphatic carbocycles. The average Bonchev–Trinajstić information content (AvgIpc) is 2.10. The van der Waals surface area contributed by atoms with E-state index in [-0.39, 0.29) is 16.7 Å². The van der Waals surface area contributed by atoms with Gasteiger partial charge in [0.25, 0.3) is 0 Å². The third-order valence-corrected chi connectivity index (χ3v) is 2.14. The molecular weight excluding hydrogens is 214 g/mol. The molecule has 0 bridgehead atoms. The highest BCUT2D eigenvalue weighted by Gasteiger charge is 2.06. The Balaban J connectivity index is 2.65. The fourth-order valence-electron chi connectivity index (χ4n) is 1.17. The lowest BCUT2D eigenvalue weighted by Crippen LogP contribution is -2.13. The summed E-state index contributed by atoms with van der Waals surface area (Å²) in [7, 11) is 0. The highest BCUT2D eigenvalue weighted by molar-refractivity contribution is 6.32. The minimum atomic E-state index is -0.0632. The first kappa shape index (κ1) is 11.9. The van der Waals surface area contributed by atoms with Gasteiger partial charge in [0.15, 0.2) is 0 Å². The summed E-state index contributed by atoms with van der Waals surface area (Å²) in [4.78, 5) is 11.4. The zero-order chi connectivity index (χ0) is 11.4. The molecule has 3 nitrogen and oxygen atoms in total. The van der Waals surface area contributed by atoms with E-state index in [1.54, 1.807) is 12.1 Å². The van der Waals surface area contributed by atoms with E-state index >= 15 is 0 Å². The molecule has 82 valence electrons. The summed E-state index contributed by atoms with van der Waals surface area (Å²) in [5.41, 5.74) is 0.558. The molecule has 2 N–H and O–H groups in total. The first-order valence-corrected chi connectivity index (χ1v) is 5.15. The van der Waals surface area contributed by atoms with Crippen molar-refractivity contribution < 1.29 is 9.90 Å². The van der Waals surface area contributed by atoms with Crippen LogP contribution >= 0.6 is 11.6 Å². The lowest BCUT2D eigenvalue weighted by Gasteiger charge is -2.07. The minimum Gasteiger partial charge on any atom is -0.506 e. The van der Waals surface area contributed by atoms with Gasteiger partial charge in [0.05, 0.1) is 5.02 Å². The van der Waals surface area contributed by atoms with E-state index in [2.05, 4.69) is 5.32 Å². The molecule has 4 heteroatoms. The first-order valence-electron chi connectivity index (χ1n) is 4.77. The van der Waals surface area contributed by atoms with Crippen LogP contribution in [0, 0.1) is 5.92 Å². The van der Waals surface area contributed by atoms with Crippen LogP contribution in [0.4, 0.5) is 5.69 Å². The predicted molar refractivity (Wildman–Crippen MR) is 61.2 cm³/mol. The van der Waals surface area contributed by atoms with E-state index in [9.17, 15) is 9.90 Å². The van der Waals surface area contributed by atoms with Crippen LogP contribution in [0.2, 0.25) is 5.02 Å². The Labute approximate surface area is 94.1 Å². The van der Waals surface area contributed by atoms with Crippen molar-refractivity contribution in [3.8, 4) is 5.75 Å². The van der Waals surface area contributed by atoms with Crippen LogP contribution in [0.5, 0.6) is 5.75 Å². The van der Waals surface area contributed by atoms with Crippen molar-refractivity contribution in [2.24, 2.45) is 5.92 Å². The number of nitrogens with one attached hydrogen (secondary N) is 1. The molecule has 0 saturated heterocycles. The van der Waals surface area contributed by atoms with Crippen LogP contribution in [0.3, 0.4) is 0 Å². The molecule has 0 heterocycles. The summed E-state index contributed by atoms with van der Waals surface area (Å²) in [6.07, 6.45) is 0.462. The third kappa shape index (κ3) is 3.80.